The van der Waals surface area contributed by atoms with E-state index in [0.29, 0.717) is 17.2 Å². The number of para-hydroxylation sites is 1. The van der Waals surface area contributed by atoms with E-state index in [4.69, 9.17) is 10.00 Å². The topological polar surface area (TPSA) is 58.8 Å². The lowest BCUT2D eigenvalue weighted by molar-refractivity contribution is 0.480. The van der Waals surface area contributed by atoms with E-state index in [9.17, 15) is 0 Å². The van der Waals surface area contributed by atoms with Gasteiger partial charge in [-0.15, -0.1) is 0 Å². The van der Waals surface area contributed by atoms with Crippen molar-refractivity contribution in [2.45, 2.75) is 0 Å². The summed E-state index contributed by atoms with van der Waals surface area (Å²) in [5.74, 6) is 1.21. The molecule has 2 aromatic heterocycles. The van der Waals surface area contributed by atoms with Gasteiger partial charge in [0.25, 0.3) is 0 Å². The lowest BCUT2D eigenvalue weighted by Crippen LogP contribution is -1.88. The Morgan fingerprint density at radius 1 is 1.00 bits per heavy atom. The number of benzene rings is 1. The quantitative estimate of drug-likeness (QED) is 0.697. The predicted molar refractivity (Wildman–Crippen MR) is 70.8 cm³/mol. The minimum atomic E-state index is 0.325. The standard InChI is InChI=1S/C15H9N3O/c16-9-12-8-13(5-6-17-12)19-14-7-11-3-1-2-4-15(11)18-10-14/h1-8,10H. The fraction of sp³-hybridized carbons (Fsp3) is 0. The molecule has 4 nitrogen and oxygen atoms in total. The van der Waals surface area contributed by atoms with Gasteiger partial charge < -0.3 is 4.74 Å². The lowest BCUT2D eigenvalue weighted by atomic mass is 10.2. The van der Waals surface area contributed by atoms with Gasteiger partial charge in [0.15, 0.2) is 0 Å². The minimum absolute atomic E-state index is 0.325. The summed E-state index contributed by atoms with van der Waals surface area (Å²) < 4.78 is 5.68. The van der Waals surface area contributed by atoms with Gasteiger partial charge in [0.05, 0.1) is 11.7 Å². The van der Waals surface area contributed by atoms with E-state index >= 15 is 0 Å². The molecule has 3 rings (SSSR count). The molecule has 0 atom stereocenters. The molecule has 0 saturated carbocycles. The molecule has 0 N–H and O–H groups in total. The predicted octanol–water partition coefficient (Wildman–Crippen LogP) is 3.29. The summed E-state index contributed by atoms with van der Waals surface area (Å²) in [6.45, 7) is 0. The summed E-state index contributed by atoms with van der Waals surface area (Å²) in [6.07, 6.45) is 3.21. The maximum atomic E-state index is 8.79. The number of hydrogen-bond donors (Lipinski definition) is 0. The van der Waals surface area contributed by atoms with Gasteiger partial charge in [-0.2, -0.15) is 5.26 Å². The van der Waals surface area contributed by atoms with Gasteiger partial charge in [0.1, 0.15) is 23.3 Å². The number of ether oxygens (including phenoxy) is 1. The number of pyridine rings is 2. The Morgan fingerprint density at radius 2 is 1.89 bits per heavy atom. The molecule has 0 spiro atoms. The maximum absolute atomic E-state index is 8.79. The SMILES string of the molecule is N#Cc1cc(Oc2cnc3ccccc3c2)ccn1. The van der Waals surface area contributed by atoms with Crippen LogP contribution in [0, 0.1) is 11.3 Å². The second-order valence-electron chi connectivity index (χ2n) is 3.95. The molecule has 2 heterocycles. The molecule has 0 aliphatic carbocycles. The number of nitriles is 1. The van der Waals surface area contributed by atoms with Crippen LogP contribution in [0.2, 0.25) is 0 Å². The third kappa shape index (κ3) is 2.35. The van der Waals surface area contributed by atoms with Gasteiger partial charge in [0.2, 0.25) is 0 Å². The van der Waals surface area contributed by atoms with Crippen molar-refractivity contribution in [1.29, 1.82) is 5.26 Å². The van der Waals surface area contributed by atoms with Crippen molar-refractivity contribution in [2.24, 2.45) is 0 Å². The van der Waals surface area contributed by atoms with Crippen molar-refractivity contribution in [2.75, 3.05) is 0 Å². The Labute approximate surface area is 109 Å². The molecule has 90 valence electrons. The van der Waals surface area contributed by atoms with E-state index in [1.807, 2.05) is 36.4 Å². The molecule has 0 aliphatic rings. The molecule has 0 unspecified atom stereocenters. The zero-order valence-electron chi connectivity index (χ0n) is 9.95. The highest BCUT2D eigenvalue weighted by Crippen LogP contribution is 2.23. The zero-order chi connectivity index (χ0) is 13.1. The molecule has 0 amide bonds. The molecule has 3 aromatic rings. The zero-order valence-corrected chi connectivity index (χ0v) is 9.95. The van der Waals surface area contributed by atoms with E-state index in [0.717, 1.165) is 10.9 Å². The summed E-state index contributed by atoms with van der Waals surface area (Å²) in [6, 6.07) is 15.0. The van der Waals surface area contributed by atoms with Crippen molar-refractivity contribution in [1.82, 2.24) is 9.97 Å². The number of rotatable bonds is 2. The van der Waals surface area contributed by atoms with Gasteiger partial charge in [0, 0.05) is 17.6 Å². The normalized spacial score (nSPS) is 10.1. The van der Waals surface area contributed by atoms with Crippen LogP contribution in [0.3, 0.4) is 0 Å². The molecule has 0 fully saturated rings. The monoisotopic (exact) mass is 247 g/mol. The highest BCUT2D eigenvalue weighted by Gasteiger charge is 2.01. The third-order valence-corrected chi connectivity index (χ3v) is 2.65. The van der Waals surface area contributed by atoms with Gasteiger partial charge >= 0.3 is 0 Å². The van der Waals surface area contributed by atoms with Crippen molar-refractivity contribution >= 4 is 10.9 Å². The number of hydrogen-bond acceptors (Lipinski definition) is 4. The van der Waals surface area contributed by atoms with Crippen LogP contribution in [0.25, 0.3) is 10.9 Å². The fourth-order valence-electron chi connectivity index (χ4n) is 1.78. The first-order valence-corrected chi connectivity index (χ1v) is 5.74. The molecule has 0 radical (unpaired) electrons. The second-order valence-corrected chi connectivity index (χ2v) is 3.95. The first-order chi connectivity index (χ1) is 9.35. The Hall–Kier alpha value is -2.93. The van der Waals surface area contributed by atoms with Crippen molar-refractivity contribution < 1.29 is 4.74 Å². The van der Waals surface area contributed by atoms with E-state index < -0.39 is 0 Å². The number of fused-ring (bicyclic) bond motifs is 1. The van der Waals surface area contributed by atoms with Crippen LogP contribution in [0.4, 0.5) is 0 Å². The van der Waals surface area contributed by atoms with E-state index in [-0.39, 0.29) is 0 Å². The van der Waals surface area contributed by atoms with Crippen molar-refractivity contribution in [3.63, 3.8) is 0 Å². The van der Waals surface area contributed by atoms with Crippen LogP contribution in [-0.2, 0) is 0 Å². The van der Waals surface area contributed by atoms with Crippen LogP contribution < -0.4 is 4.74 Å². The molecule has 0 aliphatic heterocycles. The number of aromatic nitrogens is 2. The number of nitrogens with zero attached hydrogens (tertiary/aromatic N) is 3. The van der Waals surface area contributed by atoms with Crippen molar-refractivity contribution in [3.8, 4) is 17.6 Å². The first kappa shape index (κ1) is 11.2. The smallest absolute Gasteiger partial charge is 0.146 e. The van der Waals surface area contributed by atoms with Crippen molar-refractivity contribution in [3.05, 3.63) is 60.6 Å². The molecule has 4 heteroatoms. The van der Waals surface area contributed by atoms with Gasteiger partial charge in [-0.3, -0.25) is 4.98 Å². The molecular weight excluding hydrogens is 238 g/mol. The van der Waals surface area contributed by atoms with Gasteiger partial charge in [-0.1, -0.05) is 18.2 Å². The summed E-state index contributed by atoms with van der Waals surface area (Å²) in [5.41, 5.74) is 1.24. The summed E-state index contributed by atoms with van der Waals surface area (Å²) in [5, 5.41) is 9.80. The molecule has 0 saturated heterocycles. The van der Waals surface area contributed by atoms with E-state index in [1.54, 1.807) is 24.5 Å². The van der Waals surface area contributed by atoms with Crippen LogP contribution >= 0.6 is 0 Å². The highest BCUT2D eigenvalue weighted by molar-refractivity contribution is 5.79. The Kier molecular flexibility index (Phi) is 2.79. The second kappa shape index (κ2) is 4.75. The van der Waals surface area contributed by atoms with E-state index in [1.165, 1.54) is 0 Å². The Morgan fingerprint density at radius 3 is 2.79 bits per heavy atom. The maximum Gasteiger partial charge on any atom is 0.146 e. The summed E-state index contributed by atoms with van der Waals surface area (Å²) in [4.78, 5) is 8.21. The fourth-order valence-corrected chi connectivity index (χ4v) is 1.78. The van der Waals surface area contributed by atoms with Gasteiger partial charge in [-0.25, -0.2) is 4.98 Å². The Balaban J connectivity index is 1.94. The largest absolute Gasteiger partial charge is 0.456 e. The van der Waals surface area contributed by atoms with E-state index in [2.05, 4.69) is 9.97 Å². The molecule has 0 bridgehead atoms. The highest BCUT2D eigenvalue weighted by atomic mass is 16.5. The van der Waals surface area contributed by atoms with Crippen LogP contribution in [0.5, 0.6) is 11.5 Å². The molecule has 1 aromatic carbocycles. The lowest BCUT2D eigenvalue weighted by Gasteiger charge is -2.06. The average Bonchev–Trinajstić information content (AvgIpc) is 2.47. The summed E-state index contributed by atoms with van der Waals surface area (Å²) >= 11 is 0. The van der Waals surface area contributed by atoms with Gasteiger partial charge in [-0.05, 0) is 18.2 Å². The minimum Gasteiger partial charge on any atom is -0.456 e. The molecular formula is C15H9N3O. The third-order valence-electron chi connectivity index (χ3n) is 2.65. The first-order valence-electron chi connectivity index (χ1n) is 5.74. The summed E-state index contributed by atoms with van der Waals surface area (Å²) in [7, 11) is 0. The van der Waals surface area contributed by atoms with Crippen LogP contribution in [-0.4, -0.2) is 9.97 Å². The Bertz CT molecular complexity index is 777. The van der Waals surface area contributed by atoms with Crippen LogP contribution in [0.1, 0.15) is 5.69 Å². The molecule has 19 heavy (non-hydrogen) atoms. The average molecular weight is 247 g/mol. The van der Waals surface area contributed by atoms with Crippen LogP contribution in [0.15, 0.2) is 54.9 Å².